The van der Waals surface area contributed by atoms with E-state index in [1.54, 1.807) is 6.07 Å². The first-order chi connectivity index (χ1) is 14.4. The number of carbonyl (C=O) groups excluding carboxylic acids is 1. The van der Waals surface area contributed by atoms with Gasteiger partial charge in [-0.2, -0.15) is 0 Å². The Morgan fingerprint density at radius 1 is 0.967 bits per heavy atom. The molecule has 1 heterocycles. The van der Waals surface area contributed by atoms with Crippen LogP contribution >= 0.6 is 0 Å². The normalized spacial score (nSPS) is 11.2. The van der Waals surface area contributed by atoms with Crippen molar-refractivity contribution in [3.05, 3.63) is 87.8 Å². The van der Waals surface area contributed by atoms with E-state index < -0.39 is 0 Å². The molecule has 30 heavy (non-hydrogen) atoms. The number of pyridine rings is 1. The van der Waals surface area contributed by atoms with Crippen LogP contribution in [-0.2, 0) is 11.3 Å². The van der Waals surface area contributed by atoms with Gasteiger partial charge in [0.05, 0.1) is 11.0 Å². The van der Waals surface area contributed by atoms with Crippen LogP contribution in [0.2, 0.25) is 0 Å². The number of hydrogen-bond donors (Lipinski definition) is 1. The van der Waals surface area contributed by atoms with Crippen LogP contribution in [0, 0.1) is 19.7 Å². The van der Waals surface area contributed by atoms with Crippen LogP contribution in [0.1, 0.15) is 24.0 Å². The molecule has 4 nitrogen and oxygen atoms in total. The van der Waals surface area contributed by atoms with Crippen LogP contribution in [0.15, 0.2) is 65.5 Å². The number of para-hydroxylation sites is 1. The molecule has 0 atom stereocenters. The van der Waals surface area contributed by atoms with Gasteiger partial charge in [-0.15, -0.1) is 0 Å². The Hall–Kier alpha value is -3.47. The van der Waals surface area contributed by atoms with Gasteiger partial charge in [0.25, 0.3) is 0 Å². The molecular formula is C25H23FN2O2. The molecule has 1 aromatic heterocycles. The summed E-state index contributed by atoms with van der Waals surface area (Å²) in [5, 5.41) is 4.15. The maximum atomic E-state index is 13.4. The molecule has 0 saturated heterocycles. The van der Waals surface area contributed by atoms with Gasteiger partial charge in [-0.3, -0.25) is 9.59 Å². The smallest absolute Gasteiger partial charge is 0.224 e. The summed E-state index contributed by atoms with van der Waals surface area (Å²) in [6.45, 7) is 4.39. The lowest BCUT2D eigenvalue weighted by Crippen LogP contribution is -2.15. The molecule has 4 rings (SSSR count). The van der Waals surface area contributed by atoms with Gasteiger partial charge in [0.1, 0.15) is 5.82 Å². The third kappa shape index (κ3) is 3.83. The van der Waals surface area contributed by atoms with Gasteiger partial charge in [-0.05, 0) is 62.2 Å². The van der Waals surface area contributed by atoms with E-state index >= 15 is 0 Å². The zero-order valence-electron chi connectivity index (χ0n) is 17.0. The third-order valence-corrected chi connectivity index (χ3v) is 5.39. The predicted molar refractivity (Wildman–Crippen MR) is 119 cm³/mol. The van der Waals surface area contributed by atoms with Gasteiger partial charge in [-0.25, -0.2) is 4.39 Å². The summed E-state index contributed by atoms with van der Waals surface area (Å²) in [6.07, 6.45) is 0.889. The minimum Gasteiger partial charge on any atom is -0.340 e. The quantitative estimate of drug-likeness (QED) is 0.459. The lowest BCUT2D eigenvalue weighted by Gasteiger charge is -2.15. The van der Waals surface area contributed by atoms with E-state index in [1.165, 1.54) is 12.1 Å². The van der Waals surface area contributed by atoms with Crippen LogP contribution < -0.4 is 10.7 Å². The molecule has 0 saturated carbocycles. The number of anilines is 1. The highest BCUT2D eigenvalue weighted by Crippen LogP contribution is 2.21. The molecule has 0 unspecified atom stereocenters. The molecule has 0 fully saturated rings. The van der Waals surface area contributed by atoms with Crippen molar-refractivity contribution in [2.24, 2.45) is 0 Å². The van der Waals surface area contributed by atoms with E-state index in [4.69, 9.17) is 0 Å². The Balaban J connectivity index is 1.59. The fourth-order valence-corrected chi connectivity index (χ4v) is 3.82. The topological polar surface area (TPSA) is 51.1 Å². The number of aryl methyl sites for hydroxylation is 3. The molecule has 0 bridgehead atoms. The Morgan fingerprint density at radius 2 is 1.73 bits per heavy atom. The number of benzene rings is 3. The molecule has 1 amide bonds. The van der Waals surface area contributed by atoms with Gasteiger partial charge in [0.2, 0.25) is 5.91 Å². The molecule has 4 aromatic rings. The molecule has 3 aromatic carbocycles. The van der Waals surface area contributed by atoms with Crippen LogP contribution in [0.4, 0.5) is 10.1 Å². The maximum Gasteiger partial charge on any atom is 0.224 e. The number of hydrogen-bond acceptors (Lipinski definition) is 2. The lowest BCUT2D eigenvalue weighted by atomic mass is 10.1. The first kappa shape index (κ1) is 19.8. The van der Waals surface area contributed by atoms with Gasteiger partial charge >= 0.3 is 0 Å². The minimum atomic E-state index is -0.377. The largest absolute Gasteiger partial charge is 0.340 e. The van der Waals surface area contributed by atoms with E-state index in [-0.39, 0.29) is 17.2 Å². The van der Waals surface area contributed by atoms with Crippen molar-refractivity contribution in [2.75, 3.05) is 5.32 Å². The van der Waals surface area contributed by atoms with Crippen molar-refractivity contribution in [1.29, 1.82) is 0 Å². The number of aromatic nitrogens is 1. The molecule has 1 N–H and O–H groups in total. The second kappa shape index (κ2) is 8.11. The van der Waals surface area contributed by atoms with Crippen LogP contribution in [0.25, 0.3) is 21.8 Å². The number of rotatable bonds is 5. The van der Waals surface area contributed by atoms with Gasteiger partial charge in [-0.1, -0.05) is 29.8 Å². The predicted octanol–water partition coefficient (Wildman–Crippen LogP) is 5.33. The highest BCUT2D eigenvalue weighted by atomic mass is 19.1. The molecule has 0 aliphatic heterocycles. The first-order valence-electron chi connectivity index (χ1n) is 10.0. The lowest BCUT2D eigenvalue weighted by molar-refractivity contribution is -0.116. The van der Waals surface area contributed by atoms with Crippen LogP contribution in [-0.4, -0.2) is 10.5 Å². The molecule has 0 radical (unpaired) electrons. The van der Waals surface area contributed by atoms with Crippen molar-refractivity contribution in [1.82, 2.24) is 4.57 Å². The Kier molecular flexibility index (Phi) is 5.36. The van der Waals surface area contributed by atoms with Crippen LogP contribution in [0.5, 0.6) is 0 Å². The SMILES string of the molecule is Cc1ccc2c(c1)c(=O)c1ccccc1n2CCCC(=O)Nc1cc(F)ccc1C. The first-order valence-corrected chi connectivity index (χ1v) is 10.0. The summed E-state index contributed by atoms with van der Waals surface area (Å²) in [6, 6.07) is 17.8. The van der Waals surface area contributed by atoms with Crippen molar-refractivity contribution in [3.8, 4) is 0 Å². The van der Waals surface area contributed by atoms with Crippen molar-refractivity contribution in [3.63, 3.8) is 0 Å². The number of nitrogens with one attached hydrogen (secondary N) is 1. The molecular weight excluding hydrogens is 379 g/mol. The van der Waals surface area contributed by atoms with Gasteiger partial charge < -0.3 is 9.88 Å². The summed E-state index contributed by atoms with van der Waals surface area (Å²) in [7, 11) is 0. The summed E-state index contributed by atoms with van der Waals surface area (Å²) in [4.78, 5) is 25.3. The number of fused-ring (bicyclic) bond motifs is 2. The second-order valence-electron chi connectivity index (χ2n) is 7.63. The fraction of sp³-hybridized carbons (Fsp3) is 0.200. The standard InChI is InChI=1S/C25H23FN2O2/c1-16-9-12-23-20(14-16)25(30)19-6-3-4-7-22(19)28(23)13-5-8-24(29)27-21-15-18(26)11-10-17(21)2/h3-4,6-7,9-12,14-15H,5,8,13H2,1-2H3,(H,27,29). The highest BCUT2D eigenvalue weighted by molar-refractivity contribution is 5.94. The van der Waals surface area contributed by atoms with Crippen molar-refractivity contribution in [2.45, 2.75) is 33.2 Å². The number of amides is 1. The van der Waals surface area contributed by atoms with E-state index in [1.807, 2.05) is 56.3 Å². The third-order valence-electron chi connectivity index (χ3n) is 5.39. The number of halogens is 1. The number of nitrogens with zero attached hydrogens (tertiary/aromatic N) is 1. The Bertz CT molecular complexity index is 1320. The highest BCUT2D eigenvalue weighted by Gasteiger charge is 2.12. The number of carbonyl (C=O) groups is 1. The van der Waals surface area contributed by atoms with Crippen molar-refractivity contribution < 1.29 is 9.18 Å². The molecule has 5 heteroatoms. The average molecular weight is 402 g/mol. The van der Waals surface area contributed by atoms with Crippen LogP contribution in [0.3, 0.4) is 0 Å². The van der Waals surface area contributed by atoms with Gasteiger partial charge in [0, 0.05) is 29.4 Å². The molecule has 0 aliphatic carbocycles. The van der Waals surface area contributed by atoms with Crippen molar-refractivity contribution >= 4 is 33.4 Å². The summed E-state index contributed by atoms with van der Waals surface area (Å²) < 4.78 is 15.6. The second-order valence-corrected chi connectivity index (χ2v) is 7.63. The zero-order valence-corrected chi connectivity index (χ0v) is 17.0. The summed E-state index contributed by atoms with van der Waals surface area (Å²) >= 11 is 0. The summed E-state index contributed by atoms with van der Waals surface area (Å²) in [5.74, 6) is -0.536. The molecule has 152 valence electrons. The average Bonchev–Trinajstić information content (AvgIpc) is 2.73. The Labute approximate surface area is 174 Å². The fourth-order valence-electron chi connectivity index (χ4n) is 3.82. The van der Waals surface area contributed by atoms with Gasteiger partial charge in [0.15, 0.2) is 5.43 Å². The Morgan fingerprint density at radius 3 is 2.57 bits per heavy atom. The summed E-state index contributed by atoms with van der Waals surface area (Å²) in [5.41, 5.74) is 4.10. The van der Waals surface area contributed by atoms with E-state index in [9.17, 15) is 14.0 Å². The monoisotopic (exact) mass is 402 g/mol. The van der Waals surface area contributed by atoms with E-state index in [2.05, 4.69) is 9.88 Å². The van der Waals surface area contributed by atoms with E-state index in [0.717, 1.165) is 22.2 Å². The van der Waals surface area contributed by atoms with E-state index in [0.29, 0.717) is 35.8 Å². The molecule has 0 aliphatic rings. The zero-order chi connectivity index (χ0) is 21.3. The maximum absolute atomic E-state index is 13.4. The molecule has 0 spiro atoms. The minimum absolute atomic E-state index is 0.0277.